The summed E-state index contributed by atoms with van der Waals surface area (Å²) in [6.07, 6.45) is 5.32. The first-order chi connectivity index (χ1) is 8.61. The molecule has 18 heavy (non-hydrogen) atoms. The van der Waals surface area contributed by atoms with Crippen molar-refractivity contribution in [3.63, 3.8) is 0 Å². The molecule has 0 aliphatic heterocycles. The van der Waals surface area contributed by atoms with Crippen LogP contribution in [0.3, 0.4) is 0 Å². The predicted molar refractivity (Wildman–Crippen MR) is 73.1 cm³/mol. The number of nitrogens with one attached hydrogen (secondary N) is 1. The fourth-order valence-electron chi connectivity index (χ4n) is 2.10. The lowest BCUT2D eigenvalue weighted by molar-refractivity contribution is 0.0745. The topological polar surface area (TPSA) is 45.2 Å². The number of carbonyl (C=O) groups is 1. The minimum atomic E-state index is -0.0149. The molecule has 0 bridgehead atoms. The van der Waals surface area contributed by atoms with E-state index in [1.807, 2.05) is 7.05 Å². The van der Waals surface area contributed by atoms with Crippen molar-refractivity contribution in [2.75, 3.05) is 26.0 Å². The van der Waals surface area contributed by atoms with E-state index in [-0.39, 0.29) is 5.91 Å². The predicted octanol–water partition coefficient (Wildman–Crippen LogP) is 2.65. The first kappa shape index (κ1) is 13.1. The zero-order chi connectivity index (χ0) is 13.1. The van der Waals surface area contributed by atoms with Gasteiger partial charge in [-0.3, -0.25) is 4.79 Å². The summed E-state index contributed by atoms with van der Waals surface area (Å²) in [6, 6.07) is 1.67. The van der Waals surface area contributed by atoms with Crippen molar-refractivity contribution in [2.45, 2.75) is 19.3 Å². The summed E-state index contributed by atoms with van der Waals surface area (Å²) in [5, 5.41) is 3.35. The van der Waals surface area contributed by atoms with Crippen LogP contribution in [0.1, 0.15) is 29.6 Å². The van der Waals surface area contributed by atoms with E-state index >= 15 is 0 Å². The van der Waals surface area contributed by atoms with E-state index in [0.717, 1.165) is 6.54 Å². The largest absolute Gasteiger partial charge is 0.372 e. The van der Waals surface area contributed by atoms with Gasteiger partial charge in [0.25, 0.3) is 5.91 Å². The first-order valence-corrected chi connectivity index (χ1v) is 6.58. The first-order valence-electron chi connectivity index (χ1n) is 6.20. The molecular formula is C13H18ClN3O. The molecule has 1 aliphatic rings. The van der Waals surface area contributed by atoms with Crippen LogP contribution in [0.2, 0.25) is 5.02 Å². The zero-order valence-corrected chi connectivity index (χ0v) is 11.5. The number of anilines is 1. The van der Waals surface area contributed by atoms with Crippen LogP contribution >= 0.6 is 11.6 Å². The molecule has 0 spiro atoms. The van der Waals surface area contributed by atoms with Gasteiger partial charge in [0.2, 0.25) is 0 Å². The lowest BCUT2D eigenvalue weighted by Crippen LogP contribution is -2.34. The van der Waals surface area contributed by atoms with Crippen molar-refractivity contribution in [1.82, 2.24) is 9.88 Å². The molecule has 0 unspecified atom stereocenters. The van der Waals surface area contributed by atoms with Gasteiger partial charge in [0.1, 0.15) is 5.82 Å². The molecule has 1 fully saturated rings. The molecule has 1 aromatic rings. The highest BCUT2D eigenvalue weighted by molar-refractivity contribution is 6.33. The second-order valence-electron chi connectivity index (χ2n) is 4.79. The highest BCUT2D eigenvalue weighted by Gasteiger charge is 2.22. The number of aromatic nitrogens is 1. The van der Waals surface area contributed by atoms with Crippen molar-refractivity contribution >= 4 is 23.3 Å². The van der Waals surface area contributed by atoms with Gasteiger partial charge in [-0.25, -0.2) is 4.98 Å². The quantitative estimate of drug-likeness (QED) is 0.912. The number of halogens is 1. The van der Waals surface area contributed by atoms with Gasteiger partial charge in [-0.05, 0) is 24.8 Å². The van der Waals surface area contributed by atoms with E-state index in [0.29, 0.717) is 22.3 Å². The molecule has 1 N–H and O–H groups in total. The summed E-state index contributed by atoms with van der Waals surface area (Å²) in [4.78, 5) is 18.1. The number of pyridine rings is 1. The Labute approximate surface area is 112 Å². The van der Waals surface area contributed by atoms with Gasteiger partial charge in [0.05, 0.1) is 10.6 Å². The summed E-state index contributed by atoms with van der Waals surface area (Å²) in [5.74, 6) is 1.24. The van der Waals surface area contributed by atoms with Gasteiger partial charge in [-0.15, -0.1) is 0 Å². The van der Waals surface area contributed by atoms with E-state index in [9.17, 15) is 4.79 Å². The lowest BCUT2D eigenvalue weighted by atomic mass is 9.85. The van der Waals surface area contributed by atoms with Crippen LogP contribution < -0.4 is 5.32 Å². The third kappa shape index (κ3) is 2.75. The highest BCUT2D eigenvalue weighted by atomic mass is 35.5. The van der Waals surface area contributed by atoms with Gasteiger partial charge < -0.3 is 10.2 Å². The lowest BCUT2D eigenvalue weighted by Gasteiger charge is -2.30. The number of nitrogens with zero attached hydrogens (tertiary/aromatic N) is 2. The molecule has 1 amide bonds. The summed E-state index contributed by atoms with van der Waals surface area (Å²) in [6.45, 7) is 0.824. The molecule has 0 saturated heterocycles. The van der Waals surface area contributed by atoms with Gasteiger partial charge in [-0.1, -0.05) is 18.0 Å². The Kier molecular flexibility index (Phi) is 4.07. The van der Waals surface area contributed by atoms with Crippen LogP contribution in [0.25, 0.3) is 0 Å². The fourth-order valence-corrected chi connectivity index (χ4v) is 2.37. The smallest absolute Gasteiger partial charge is 0.255 e. The van der Waals surface area contributed by atoms with Crippen molar-refractivity contribution in [3.05, 3.63) is 22.8 Å². The average Bonchev–Trinajstić information content (AvgIpc) is 2.32. The van der Waals surface area contributed by atoms with Crippen molar-refractivity contribution in [3.8, 4) is 0 Å². The molecule has 1 aliphatic carbocycles. The number of carbonyl (C=O) groups excluding carboxylic acids is 1. The summed E-state index contributed by atoms with van der Waals surface area (Å²) in [7, 11) is 3.58. The molecule has 2 rings (SSSR count). The second kappa shape index (κ2) is 5.57. The van der Waals surface area contributed by atoms with E-state index in [4.69, 9.17) is 11.6 Å². The maximum absolute atomic E-state index is 12.2. The minimum Gasteiger partial charge on any atom is -0.372 e. The van der Waals surface area contributed by atoms with Crippen LogP contribution in [0.4, 0.5) is 5.82 Å². The Morgan fingerprint density at radius 1 is 1.61 bits per heavy atom. The van der Waals surface area contributed by atoms with Crippen molar-refractivity contribution in [1.29, 1.82) is 0 Å². The molecule has 98 valence electrons. The maximum Gasteiger partial charge on any atom is 0.255 e. The fraction of sp³-hybridized carbons (Fsp3) is 0.538. The van der Waals surface area contributed by atoms with Crippen molar-refractivity contribution in [2.24, 2.45) is 5.92 Å². The van der Waals surface area contributed by atoms with Gasteiger partial charge in [0.15, 0.2) is 0 Å². The number of hydrogen-bond donors (Lipinski definition) is 1. The van der Waals surface area contributed by atoms with Crippen LogP contribution in [-0.4, -0.2) is 36.4 Å². The normalized spacial score (nSPS) is 15.1. The number of amides is 1. The maximum atomic E-state index is 12.2. The summed E-state index contributed by atoms with van der Waals surface area (Å²) in [5.41, 5.74) is 0.542. The molecule has 0 aromatic carbocycles. The molecule has 1 aromatic heterocycles. The minimum absolute atomic E-state index is 0.0149. The van der Waals surface area contributed by atoms with Gasteiger partial charge in [0, 0.05) is 26.8 Å². The molecule has 1 heterocycles. The Morgan fingerprint density at radius 2 is 2.33 bits per heavy atom. The van der Waals surface area contributed by atoms with E-state index in [1.54, 1.807) is 24.2 Å². The Hall–Kier alpha value is -1.29. The highest BCUT2D eigenvalue weighted by Crippen LogP contribution is 2.27. The monoisotopic (exact) mass is 267 g/mol. The zero-order valence-electron chi connectivity index (χ0n) is 10.7. The molecule has 0 atom stereocenters. The number of hydrogen-bond acceptors (Lipinski definition) is 3. The Bertz CT molecular complexity index is 446. The van der Waals surface area contributed by atoms with Gasteiger partial charge >= 0.3 is 0 Å². The molecule has 0 radical (unpaired) electrons. The summed E-state index contributed by atoms with van der Waals surface area (Å²) >= 11 is 6.03. The van der Waals surface area contributed by atoms with E-state index in [1.165, 1.54) is 19.3 Å². The summed E-state index contributed by atoms with van der Waals surface area (Å²) < 4.78 is 0. The van der Waals surface area contributed by atoms with Crippen LogP contribution in [0.15, 0.2) is 12.3 Å². The Morgan fingerprint density at radius 3 is 2.83 bits per heavy atom. The van der Waals surface area contributed by atoms with Crippen molar-refractivity contribution < 1.29 is 4.79 Å². The Balaban J connectivity index is 2.05. The molecule has 4 nitrogen and oxygen atoms in total. The van der Waals surface area contributed by atoms with Crippen LogP contribution in [0, 0.1) is 5.92 Å². The van der Waals surface area contributed by atoms with Crippen LogP contribution in [0.5, 0.6) is 0 Å². The van der Waals surface area contributed by atoms with E-state index in [2.05, 4.69) is 10.3 Å². The average molecular weight is 268 g/mol. The third-order valence-corrected chi connectivity index (χ3v) is 3.72. The molecule has 1 saturated carbocycles. The standard InChI is InChI=1S/C13H18ClN3O/c1-15-12-11(14)6-10(7-16-12)13(18)17(2)8-9-4-3-5-9/h6-7,9H,3-5,8H2,1-2H3,(H,15,16). The second-order valence-corrected chi connectivity index (χ2v) is 5.19. The SMILES string of the molecule is CNc1ncc(C(=O)N(C)CC2CCC2)cc1Cl. The number of rotatable bonds is 4. The third-order valence-electron chi connectivity index (χ3n) is 3.43. The van der Waals surface area contributed by atoms with Gasteiger partial charge in [-0.2, -0.15) is 0 Å². The molecular weight excluding hydrogens is 250 g/mol. The van der Waals surface area contributed by atoms with E-state index < -0.39 is 0 Å². The van der Waals surface area contributed by atoms with Crippen LogP contribution in [-0.2, 0) is 0 Å². The molecule has 5 heteroatoms.